The SMILES string of the molecule is COc1cc(-c2cc(C(=O)N3CCC(C(=O)NCC4(N(C)C)CCCC4)CC3)n[nH]2)c(Cl)cn1. The number of nitrogens with zero attached hydrogens (tertiary/aromatic N) is 4. The predicted octanol–water partition coefficient (Wildman–Crippen LogP) is 2.98. The lowest BCUT2D eigenvalue weighted by Gasteiger charge is -2.37. The highest BCUT2D eigenvalue weighted by Gasteiger charge is 2.37. The highest BCUT2D eigenvalue weighted by Crippen LogP contribution is 2.33. The standard InChI is InChI=1S/C24H33ClN6O3/c1-30(2)24(8-4-5-9-24)15-27-22(32)16-6-10-31(11-7-16)23(33)20-13-19(28-29-20)17-12-21(34-3)26-14-18(17)25/h12-14,16H,4-11,15H2,1-3H3,(H,27,32)(H,28,29). The van der Waals surface area contributed by atoms with Crippen molar-refractivity contribution in [1.29, 1.82) is 0 Å². The van der Waals surface area contributed by atoms with Gasteiger partial charge in [0, 0.05) is 42.7 Å². The zero-order chi connectivity index (χ0) is 24.3. The van der Waals surface area contributed by atoms with Crippen LogP contribution in [0, 0.1) is 5.92 Å². The predicted molar refractivity (Wildman–Crippen MR) is 130 cm³/mol. The summed E-state index contributed by atoms with van der Waals surface area (Å²) in [5.74, 6) is 0.300. The monoisotopic (exact) mass is 488 g/mol. The summed E-state index contributed by atoms with van der Waals surface area (Å²) in [4.78, 5) is 33.9. The second-order valence-electron chi connectivity index (χ2n) is 9.48. The maximum Gasteiger partial charge on any atom is 0.274 e. The highest BCUT2D eigenvalue weighted by molar-refractivity contribution is 6.33. The number of hydrogen-bond donors (Lipinski definition) is 2. The maximum atomic E-state index is 13.0. The number of H-pyrrole nitrogens is 1. The number of halogens is 1. The lowest BCUT2D eigenvalue weighted by molar-refractivity contribution is -0.126. The molecule has 2 aromatic rings. The van der Waals surface area contributed by atoms with Gasteiger partial charge in [-0.25, -0.2) is 4.98 Å². The average molecular weight is 489 g/mol. The zero-order valence-corrected chi connectivity index (χ0v) is 20.8. The fourth-order valence-electron chi connectivity index (χ4n) is 5.02. The van der Waals surface area contributed by atoms with E-state index in [0.29, 0.717) is 60.3 Å². The molecule has 1 aliphatic carbocycles. The second-order valence-corrected chi connectivity index (χ2v) is 9.89. The van der Waals surface area contributed by atoms with Crippen LogP contribution in [0.3, 0.4) is 0 Å². The summed E-state index contributed by atoms with van der Waals surface area (Å²) in [6, 6.07) is 3.38. The molecule has 0 atom stereocenters. The van der Waals surface area contributed by atoms with E-state index < -0.39 is 0 Å². The molecule has 2 fully saturated rings. The molecule has 1 aliphatic heterocycles. The number of ether oxygens (including phenoxy) is 1. The molecular weight excluding hydrogens is 456 g/mol. The Labute approximate surface area is 205 Å². The number of carbonyl (C=O) groups excluding carboxylic acids is 2. The molecule has 0 spiro atoms. The molecule has 2 aliphatic rings. The Balaban J connectivity index is 1.32. The summed E-state index contributed by atoms with van der Waals surface area (Å²) >= 11 is 6.26. The quantitative estimate of drug-likeness (QED) is 0.621. The third-order valence-electron chi connectivity index (χ3n) is 7.35. The van der Waals surface area contributed by atoms with E-state index in [1.54, 1.807) is 17.0 Å². The van der Waals surface area contributed by atoms with Gasteiger partial charge in [-0.15, -0.1) is 0 Å². The van der Waals surface area contributed by atoms with E-state index in [0.717, 1.165) is 12.8 Å². The van der Waals surface area contributed by atoms with Gasteiger partial charge in [0.05, 0.1) is 24.0 Å². The summed E-state index contributed by atoms with van der Waals surface area (Å²) in [7, 11) is 5.73. The summed E-state index contributed by atoms with van der Waals surface area (Å²) in [5, 5.41) is 10.7. The molecule has 9 nitrogen and oxygen atoms in total. The largest absolute Gasteiger partial charge is 0.481 e. The van der Waals surface area contributed by atoms with Crippen LogP contribution in [-0.2, 0) is 4.79 Å². The number of aromatic amines is 1. The first kappa shape index (κ1) is 24.5. The molecular formula is C24H33ClN6O3. The van der Waals surface area contributed by atoms with Crippen molar-refractivity contribution in [1.82, 2.24) is 30.3 Å². The molecule has 34 heavy (non-hydrogen) atoms. The van der Waals surface area contributed by atoms with Crippen LogP contribution in [0.1, 0.15) is 49.0 Å². The van der Waals surface area contributed by atoms with Gasteiger partial charge in [-0.3, -0.25) is 14.7 Å². The topological polar surface area (TPSA) is 103 Å². The Morgan fingerprint density at radius 1 is 1.26 bits per heavy atom. The fraction of sp³-hybridized carbons (Fsp3) is 0.583. The lowest BCUT2D eigenvalue weighted by Crippen LogP contribution is -2.52. The van der Waals surface area contributed by atoms with Crippen LogP contribution in [0.15, 0.2) is 18.3 Å². The number of nitrogens with one attached hydrogen (secondary N) is 2. The number of likely N-dealkylation sites (N-methyl/N-ethyl adjacent to an activating group) is 1. The minimum Gasteiger partial charge on any atom is -0.481 e. The van der Waals surface area contributed by atoms with E-state index in [2.05, 4.69) is 39.5 Å². The minimum absolute atomic E-state index is 0.0671. The number of piperidine rings is 1. The van der Waals surface area contributed by atoms with E-state index in [1.165, 1.54) is 26.1 Å². The van der Waals surface area contributed by atoms with Gasteiger partial charge in [0.1, 0.15) is 0 Å². The molecule has 3 heterocycles. The molecule has 0 aromatic carbocycles. The van der Waals surface area contributed by atoms with Crippen molar-refractivity contribution in [2.24, 2.45) is 5.92 Å². The maximum absolute atomic E-state index is 13.0. The van der Waals surface area contributed by atoms with E-state index in [9.17, 15) is 9.59 Å². The number of aromatic nitrogens is 3. The van der Waals surface area contributed by atoms with Crippen molar-refractivity contribution in [2.75, 3.05) is 40.8 Å². The van der Waals surface area contributed by atoms with Crippen LogP contribution < -0.4 is 10.1 Å². The number of likely N-dealkylation sites (tertiary alicyclic amines) is 1. The van der Waals surface area contributed by atoms with Crippen molar-refractivity contribution in [2.45, 2.75) is 44.1 Å². The van der Waals surface area contributed by atoms with Gasteiger partial charge in [-0.2, -0.15) is 5.10 Å². The fourth-order valence-corrected chi connectivity index (χ4v) is 5.23. The molecule has 10 heteroatoms. The Morgan fingerprint density at radius 3 is 2.62 bits per heavy atom. The molecule has 1 saturated carbocycles. The number of methoxy groups -OCH3 is 1. The van der Waals surface area contributed by atoms with Gasteiger partial charge in [-0.05, 0) is 45.8 Å². The van der Waals surface area contributed by atoms with Gasteiger partial charge in [0.15, 0.2) is 5.69 Å². The Hall–Kier alpha value is -2.65. The van der Waals surface area contributed by atoms with Crippen LogP contribution >= 0.6 is 11.6 Å². The third-order valence-corrected chi connectivity index (χ3v) is 7.66. The van der Waals surface area contributed by atoms with Crippen LogP contribution in [-0.4, -0.2) is 83.2 Å². The highest BCUT2D eigenvalue weighted by atomic mass is 35.5. The van der Waals surface area contributed by atoms with Crippen molar-refractivity contribution in [3.8, 4) is 17.1 Å². The first-order chi connectivity index (χ1) is 16.3. The normalized spacial score (nSPS) is 18.3. The first-order valence-corrected chi connectivity index (χ1v) is 12.2. The Kier molecular flexibility index (Phi) is 7.42. The number of rotatable bonds is 7. The van der Waals surface area contributed by atoms with Crippen molar-refractivity contribution >= 4 is 23.4 Å². The van der Waals surface area contributed by atoms with Gasteiger partial charge in [-0.1, -0.05) is 24.4 Å². The molecule has 0 unspecified atom stereocenters. The molecule has 1 saturated heterocycles. The number of hydrogen-bond acceptors (Lipinski definition) is 6. The molecule has 0 radical (unpaired) electrons. The number of carbonyl (C=O) groups is 2. The average Bonchev–Trinajstić information content (AvgIpc) is 3.53. The van der Waals surface area contributed by atoms with Gasteiger partial charge in [0.25, 0.3) is 5.91 Å². The smallest absolute Gasteiger partial charge is 0.274 e. The second kappa shape index (κ2) is 10.3. The van der Waals surface area contributed by atoms with Crippen molar-refractivity contribution in [3.63, 3.8) is 0 Å². The Morgan fingerprint density at radius 2 is 1.97 bits per heavy atom. The molecule has 0 bridgehead atoms. The first-order valence-electron chi connectivity index (χ1n) is 11.8. The van der Waals surface area contributed by atoms with Crippen LogP contribution in [0.25, 0.3) is 11.3 Å². The van der Waals surface area contributed by atoms with Crippen LogP contribution in [0.4, 0.5) is 0 Å². The van der Waals surface area contributed by atoms with E-state index >= 15 is 0 Å². The van der Waals surface area contributed by atoms with Crippen molar-refractivity contribution < 1.29 is 14.3 Å². The molecule has 2 N–H and O–H groups in total. The summed E-state index contributed by atoms with van der Waals surface area (Å²) in [6.07, 6.45) is 7.47. The van der Waals surface area contributed by atoms with Gasteiger partial charge in [0.2, 0.25) is 11.8 Å². The van der Waals surface area contributed by atoms with Crippen LogP contribution in [0.5, 0.6) is 5.88 Å². The van der Waals surface area contributed by atoms with E-state index in [-0.39, 0.29) is 23.3 Å². The lowest BCUT2D eigenvalue weighted by atomic mass is 9.93. The van der Waals surface area contributed by atoms with Crippen LogP contribution in [0.2, 0.25) is 5.02 Å². The Bertz CT molecular complexity index is 1030. The molecule has 2 aromatic heterocycles. The zero-order valence-electron chi connectivity index (χ0n) is 20.1. The number of pyridine rings is 1. The van der Waals surface area contributed by atoms with Crippen molar-refractivity contribution in [3.05, 3.63) is 29.0 Å². The minimum atomic E-state index is -0.156. The van der Waals surface area contributed by atoms with Gasteiger partial charge < -0.3 is 19.9 Å². The van der Waals surface area contributed by atoms with Gasteiger partial charge >= 0.3 is 0 Å². The molecule has 4 rings (SSSR count). The third kappa shape index (κ3) is 5.05. The van der Waals surface area contributed by atoms with E-state index in [1.807, 2.05) is 0 Å². The molecule has 2 amide bonds. The molecule has 184 valence electrons. The number of amides is 2. The summed E-state index contributed by atoms with van der Waals surface area (Å²) < 4.78 is 5.16. The summed E-state index contributed by atoms with van der Waals surface area (Å²) in [5.41, 5.74) is 1.67. The summed E-state index contributed by atoms with van der Waals surface area (Å²) in [6.45, 7) is 1.75. The van der Waals surface area contributed by atoms with E-state index in [4.69, 9.17) is 16.3 Å².